The number of esters is 1. The minimum atomic E-state index is -3.86. The van der Waals surface area contributed by atoms with E-state index in [9.17, 15) is 22.4 Å². The number of halogens is 1. The molecule has 0 spiro atoms. The van der Waals surface area contributed by atoms with Gasteiger partial charge in [-0.05, 0) is 68.6 Å². The minimum absolute atomic E-state index is 0.00299. The van der Waals surface area contributed by atoms with Gasteiger partial charge in [-0.25, -0.2) is 12.8 Å². The van der Waals surface area contributed by atoms with Crippen molar-refractivity contribution in [2.45, 2.75) is 19.1 Å². The second-order valence-electron chi connectivity index (χ2n) is 12.7. The van der Waals surface area contributed by atoms with Crippen LogP contribution in [-0.2, 0) is 38.5 Å². The number of amides is 1. The molecule has 292 valence electrons. The average molecular weight is 772 g/mol. The highest BCUT2D eigenvalue weighted by atomic mass is 32.2. The van der Waals surface area contributed by atoms with Gasteiger partial charge in [0, 0.05) is 43.3 Å². The molecule has 0 saturated carbocycles. The van der Waals surface area contributed by atoms with Crippen LogP contribution in [0.1, 0.15) is 28.9 Å². The highest BCUT2D eigenvalue weighted by Gasteiger charge is 2.34. The lowest BCUT2D eigenvalue weighted by Gasteiger charge is -2.25. The van der Waals surface area contributed by atoms with Crippen molar-refractivity contribution < 1.29 is 55.2 Å². The van der Waals surface area contributed by atoms with E-state index >= 15 is 0 Å². The Morgan fingerprint density at radius 2 is 1.63 bits per heavy atom. The van der Waals surface area contributed by atoms with Gasteiger partial charge in [0.15, 0.2) is 0 Å². The van der Waals surface area contributed by atoms with Crippen LogP contribution in [0.3, 0.4) is 0 Å². The molecule has 2 atom stereocenters. The topological polar surface area (TPSA) is 155 Å². The number of nitrogens with one attached hydrogen (secondary N) is 1. The Hall–Kier alpha value is -4.58. The highest BCUT2D eigenvalue weighted by molar-refractivity contribution is 7.92. The number of hydrogen-bond donors (Lipinski definition) is 1. The molecule has 16 heteroatoms. The summed E-state index contributed by atoms with van der Waals surface area (Å²) in [5.74, 6) is -0.0833. The van der Waals surface area contributed by atoms with Gasteiger partial charge >= 0.3 is 5.97 Å². The number of carbonyl (C=O) groups excluding carboxylic acids is 2. The van der Waals surface area contributed by atoms with Crippen molar-refractivity contribution in [3.05, 3.63) is 77.6 Å². The number of likely N-dealkylation sites (N-methyl/N-ethyl adjacent to an activating group) is 1. The molecule has 5 rings (SSSR count). The largest absolute Gasteiger partial charge is 0.462 e. The Bertz CT molecular complexity index is 1990. The molecule has 0 saturated heterocycles. The normalized spacial score (nSPS) is 15.9. The zero-order valence-corrected chi connectivity index (χ0v) is 31.8. The molecule has 0 radical (unpaired) electrons. The minimum Gasteiger partial charge on any atom is -0.462 e. The summed E-state index contributed by atoms with van der Waals surface area (Å²) < 4.78 is 80.7. The molecule has 14 nitrogen and oxygen atoms in total. The molecule has 2 heterocycles. The van der Waals surface area contributed by atoms with Crippen molar-refractivity contribution >= 4 is 38.6 Å². The van der Waals surface area contributed by atoms with Gasteiger partial charge in [0.1, 0.15) is 41.4 Å². The molecule has 54 heavy (non-hydrogen) atoms. The van der Waals surface area contributed by atoms with Crippen molar-refractivity contribution in [2.24, 2.45) is 0 Å². The lowest BCUT2D eigenvalue weighted by atomic mass is 10.0. The highest BCUT2D eigenvalue weighted by Crippen LogP contribution is 2.42. The smallest absolute Gasteiger partial charge is 0.320 e. The first kappa shape index (κ1) is 40.6. The number of hydrogen-bond acceptors (Lipinski definition) is 12. The lowest BCUT2D eigenvalue weighted by molar-refractivity contribution is -0.150. The van der Waals surface area contributed by atoms with Gasteiger partial charge in [0.05, 0.1) is 69.7 Å². The third-order valence-corrected chi connectivity index (χ3v) is 9.73. The SMILES string of the molecule is CNC(=O)c1c(-c2ccc(Oc3ccc(F)cc3)cc2)oc2cc3c(cc12)[C@H](C)O[C@H](COC(=O)CN(C)CCOCCOCCOC)CN3S(C)(=O)=O. The van der Waals surface area contributed by atoms with Gasteiger partial charge < -0.3 is 38.2 Å². The molecule has 1 aliphatic rings. The van der Waals surface area contributed by atoms with Crippen molar-refractivity contribution in [1.82, 2.24) is 10.2 Å². The lowest BCUT2D eigenvalue weighted by Crippen LogP contribution is -2.39. The molecule has 1 aromatic heterocycles. The number of methoxy groups -OCH3 is 1. The van der Waals surface area contributed by atoms with Crippen molar-refractivity contribution in [2.75, 3.05) is 91.0 Å². The summed E-state index contributed by atoms with van der Waals surface area (Å²) >= 11 is 0. The van der Waals surface area contributed by atoms with Crippen LogP contribution >= 0.6 is 0 Å². The van der Waals surface area contributed by atoms with E-state index in [0.717, 1.165) is 6.26 Å². The fourth-order valence-corrected chi connectivity index (χ4v) is 6.82. The van der Waals surface area contributed by atoms with Gasteiger partial charge in [0.2, 0.25) is 10.0 Å². The second-order valence-corrected chi connectivity index (χ2v) is 14.6. The fraction of sp³-hybridized carbons (Fsp3) is 0.421. The van der Waals surface area contributed by atoms with Crippen LogP contribution in [0.15, 0.2) is 65.1 Å². The summed E-state index contributed by atoms with van der Waals surface area (Å²) in [5, 5.41) is 3.12. The van der Waals surface area contributed by atoms with Crippen molar-refractivity contribution in [1.29, 1.82) is 0 Å². The Morgan fingerprint density at radius 1 is 0.981 bits per heavy atom. The van der Waals surface area contributed by atoms with Crippen LogP contribution < -0.4 is 14.4 Å². The summed E-state index contributed by atoms with van der Waals surface area (Å²) in [4.78, 5) is 27.8. The molecule has 0 unspecified atom stereocenters. The van der Waals surface area contributed by atoms with Crippen molar-refractivity contribution in [3.8, 4) is 22.8 Å². The van der Waals surface area contributed by atoms with Crippen LogP contribution in [0.5, 0.6) is 11.5 Å². The zero-order valence-electron chi connectivity index (χ0n) is 31.0. The molecule has 0 bridgehead atoms. The van der Waals surface area contributed by atoms with Crippen molar-refractivity contribution in [3.63, 3.8) is 0 Å². The van der Waals surface area contributed by atoms with Crippen LogP contribution in [0.25, 0.3) is 22.3 Å². The molecule has 1 N–H and O–H groups in total. The molecule has 1 aliphatic heterocycles. The fourth-order valence-electron chi connectivity index (χ4n) is 5.87. The molecule has 0 fully saturated rings. The van der Waals surface area contributed by atoms with Crippen LogP contribution in [0.4, 0.5) is 10.1 Å². The van der Waals surface area contributed by atoms with E-state index < -0.39 is 34.1 Å². The maximum Gasteiger partial charge on any atom is 0.320 e. The summed E-state index contributed by atoms with van der Waals surface area (Å²) in [6, 6.07) is 15.7. The number of anilines is 1. The van der Waals surface area contributed by atoms with Crippen LogP contribution in [0.2, 0.25) is 0 Å². The Balaban J connectivity index is 1.30. The number of furan rings is 1. The van der Waals surface area contributed by atoms with E-state index in [1.807, 2.05) is 0 Å². The monoisotopic (exact) mass is 771 g/mol. The summed E-state index contributed by atoms with van der Waals surface area (Å²) in [5.41, 5.74) is 1.93. The molecular weight excluding hydrogens is 725 g/mol. The maximum atomic E-state index is 13.3. The number of carbonyl (C=O) groups is 2. The van der Waals surface area contributed by atoms with E-state index in [1.165, 1.54) is 35.6 Å². The molecule has 0 aliphatic carbocycles. The van der Waals surface area contributed by atoms with Gasteiger partial charge in [0.25, 0.3) is 5.91 Å². The second kappa shape index (κ2) is 18.6. The number of rotatable bonds is 18. The van der Waals surface area contributed by atoms with Gasteiger partial charge in [-0.1, -0.05) is 0 Å². The Morgan fingerprint density at radius 3 is 2.28 bits per heavy atom. The van der Waals surface area contributed by atoms with E-state index in [-0.39, 0.29) is 42.4 Å². The number of fused-ring (bicyclic) bond motifs is 2. The molecular formula is C38H46FN3O11S. The number of sulfonamides is 1. The Labute approximate surface area is 314 Å². The summed E-state index contributed by atoms with van der Waals surface area (Å²) in [6.45, 7) is 4.20. The third-order valence-electron chi connectivity index (χ3n) is 8.58. The van der Waals surface area contributed by atoms with E-state index in [0.29, 0.717) is 73.3 Å². The van der Waals surface area contributed by atoms with E-state index in [2.05, 4.69) is 5.32 Å². The van der Waals surface area contributed by atoms with Crippen LogP contribution in [0, 0.1) is 5.82 Å². The molecule has 4 aromatic rings. The summed E-state index contributed by atoms with van der Waals surface area (Å²) in [6.07, 6.45) is -0.368. The van der Waals surface area contributed by atoms with Gasteiger partial charge in [-0.15, -0.1) is 0 Å². The first-order valence-corrected chi connectivity index (χ1v) is 19.2. The molecule has 3 aromatic carbocycles. The summed E-state index contributed by atoms with van der Waals surface area (Å²) in [7, 11) is 1.02. The van der Waals surface area contributed by atoms with E-state index in [4.69, 9.17) is 32.8 Å². The van der Waals surface area contributed by atoms with Gasteiger partial charge in [-0.2, -0.15) is 0 Å². The predicted octanol–water partition coefficient (Wildman–Crippen LogP) is 4.77. The third kappa shape index (κ3) is 10.5. The first-order chi connectivity index (χ1) is 25.9. The standard InChI is InChI=1S/C38H46FN3O11S/c1-25-31-20-32-34(53-37(36(32)38(44)40-2)26-6-10-28(11-7-26)52-29-12-8-27(39)9-13-29)21-33(31)42(54(5,45)46)22-30(51-25)24-50-35(43)23-41(3)14-15-48-18-19-49-17-16-47-4/h6-13,20-21,25,30H,14-19,22-24H2,1-5H3,(H,40,44)/t25-,30-/m0/s1. The van der Waals surface area contributed by atoms with E-state index in [1.54, 1.807) is 62.4 Å². The quantitative estimate of drug-likeness (QED) is 0.109. The van der Waals surface area contributed by atoms with Gasteiger partial charge in [-0.3, -0.25) is 18.8 Å². The average Bonchev–Trinajstić information content (AvgIpc) is 3.45. The number of ether oxygens (including phenoxy) is 6. The first-order valence-electron chi connectivity index (χ1n) is 17.4. The zero-order chi connectivity index (χ0) is 38.8. The predicted molar refractivity (Wildman–Crippen MR) is 199 cm³/mol. The number of nitrogens with zero attached hydrogens (tertiary/aromatic N) is 2. The van der Waals surface area contributed by atoms with Crippen LogP contribution in [-0.4, -0.2) is 118 Å². The molecule has 1 amide bonds. The number of benzene rings is 3. The Kier molecular flexibility index (Phi) is 14.0. The maximum absolute atomic E-state index is 13.3.